The Morgan fingerprint density at radius 1 is 1.07 bits per heavy atom. The van der Waals surface area contributed by atoms with E-state index in [0.29, 0.717) is 13.1 Å². The van der Waals surface area contributed by atoms with Crippen molar-refractivity contribution in [2.75, 3.05) is 42.9 Å². The van der Waals surface area contributed by atoms with Gasteiger partial charge in [-0.2, -0.15) is 5.10 Å². The number of halogens is 2. The van der Waals surface area contributed by atoms with Crippen LogP contribution in [0.4, 0.5) is 20.3 Å². The minimum Gasteiger partial charge on any atom is -0.353 e. The lowest BCUT2D eigenvalue weighted by molar-refractivity contribution is -0.117. The number of carbonyl (C=O) groups excluding carboxylic acids is 1. The van der Waals surface area contributed by atoms with Gasteiger partial charge >= 0.3 is 0 Å². The topological polar surface area (TPSA) is 61.4 Å². The summed E-state index contributed by atoms with van der Waals surface area (Å²) in [5.41, 5.74) is 2.40. The van der Waals surface area contributed by atoms with Gasteiger partial charge in [0.1, 0.15) is 11.6 Å². The number of carbonyl (C=O) groups is 1. The molecule has 1 saturated heterocycles. The third-order valence-electron chi connectivity index (χ3n) is 5.08. The highest BCUT2D eigenvalue weighted by Gasteiger charge is 2.22. The van der Waals surface area contributed by atoms with Crippen molar-refractivity contribution in [1.82, 2.24) is 15.1 Å². The lowest BCUT2D eigenvalue weighted by Gasteiger charge is -2.34. The molecule has 4 rings (SSSR count). The number of fused-ring (bicyclic) bond motifs is 1. The molecule has 1 aliphatic carbocycles. The van der Waals surface area contributed by atoms with Crippen LogP contribution in [0.5, 0.6) is 0 Å². The van der Waals surface area contributed by atoms with Crippen molar-refractivity contribution < 1.29 is 13.6 Å². The molecule has 6 nitrogen and oxygen atoms in total. The number of aryl methyl sites for hydroxylation is 2. The number of nitrogens with one attached hydrogen (secondary N) is 1. The molecule has 0 atom stereocenters. The van der Waals surface area contributed by atoms with Crippen LogP contribution in [-0.2, 0) is 17.6 Å². The number of amides is 1. The van der Waals surface area contributed by atoms with E-state index in [1.807, 2.05) is 4.90 Å². The molecule has 27 heavy (non-hydrogen) atoms. The van der Waals surface area contributed by atoms with E-state index >= 15 is 0 Å². The van der Waals surface area contributed by atoms with Gasteiger partial charge < -0.3 is 10.2 Å². The second kappa shape index (κ2) is 7.56. The summed E-state index contributed by atoms with van der Waals surface area (Å²) < 4.78 is 26.6. The molecule has 2 aromatic rings. The molecule has 1 N–H and O–H groups in total. The van der Waals surface area contributed by atoms with Crippen molar-refractivity contribution in [1.29, 1.82) is 0 Å². The molecule has 0 radical (unpaired) electrons. The van der Waals surface area contributed by atoms with E-state index in [-0.39, 0.29) is 18.1 Å². The Morgan fingerprint density at radius 3 is 2.67 bits per heavy atom. The molecule has 1 fully saturated rings. The number of anilines is 2. The predicted molar refractivity (Wildman–Crippen MR) is 97.7 cm³/mol. The van der Waals surface area contributed by atoms with Gasteiger partial charge in [-0.15, -0.1) is 5.10 Å². The monoisotopic (exact) mass is 373 g/mol. The van der Waals surface area contributed by atoms with E-state index < -0.39 is 11.6 Å². The number of benzene rings is 1. The number of rotatable bonds is 4. The Hall–Kier alpha value is -2.61. The molecule has 0 unspecified atom stereocenters. The SMILES string of the molecule is O=C(CN1CCN(c2cc3c(nn2)CCC3)CC1)Nc1ccc(F)cc1F. The van der Waals surface area contributed by atoms with Crippen molar-refractivity contribution in [3.63, 3.8) is 0 Å². The van der Waals surface area contributed by atoms with Crippen molar-refractivity contribution >= 4 is 17.4 Å². The zero-order valence-corrected chi connectivity index (χ0v) is 14.9. The maximum absolute atomic E-state index is 13.6. The first-order valence-corrected chi connectivity index (χ1v) is 9.16. The zero-order chi connectivity index (χ0) is 18.8. The van der Waals surface area contributed by atoms with Crippen LogP contribution in [0.25, 0.3) is 0 Å². The van der Waals surface area contributed by atoms with Crippen LogP contribution in [0.3, 0.4) is 0 Å². The molecule has 1 aliphatic heterocycles. The summed E-state index contributed by atoms with van der Waals surface area (Å²) in [6.07, 6.45) is 3.23. The minimum absolute atomic E-state index is 0.00606. The van der Waals surface area contributed by atoms with Crippen LogP contribution in [0, 0.1) is 11.6 Å². The van der Waals surface area contributed by atoms with Gasteiger partial charge in [0.15, 0.2) is 5.82 Å². The maximum Gasteiger partial charge on any atom is 0.238 e. The van der Waals surface area contributed by atoms with Gasteiger partial charge in [-0.3, -0.25) is 9.69 Å². The number of hydrogen-bond acceptors (Lipinski definition) is 5. The second-order valence-corrected chi connectivity index (χ2v) is 6.96. The smallest absolute Gasteiger partial charge is 0.238 e. The molecule has 2 heterocycles. The average Bonchev–Trinajstić information content (AvgIpc) is 3.12. The van der Waals surface area contributed by atoms with Crippen LogP contribution in [0.1, 0.15) is 17.7 Å². The highest BCUT2D eigenvalue weighted by atomic mass is 19.1. The molecule has 8 heteroatoms. The van der Waals surface area contributed by atoms with E-state index in [1.165, 1.54) is 11.6 Å². The van der Waals surface area contributed by atoms with E-state index in [0.717, 1.165) is 56.0 Å². The minimum atomic E-state index is -0.775. The van der Waals surface area contributed by atoms with Crippen LogP contribution >= 0.6 is 0 Å². The molecule has 0 bridgehead atoms. The first-order chi connectivity index (χ1) is 13.1. The largest absolute Gasteiger partial charge is 0.353 e. The predicted octanol–water partition coefficient (Wildman–Crippen LogP) is 2.00. The summed E-state index contributed by atoms with van der Waals surface area (Å²) in [6, 6.07) is 5.24. The van der Waals surface area contributed by atoms with Gasteiger partial charge in [-0.05, 0) is 43.0 Å². The molecule has 1 amide bonds. The number of nitrogens with zero attached hydrogens (tertiary/aromatic N) is 4. The third-order valence-corrected chi connectivity index (χ3v) is 5.08. The van der Waals surface area contributed by atoms with Crippen molar-refractivity contribution in [3.8, 4) is 0 Å². The van der Waals surface area contributed by atoms with Gasteiger partial charge in [0, 0.05) is 32.2 Å². The van der Waals surface area contributed by atoms with Gasteiger partial charge in [-0.1, -0.05) is 0 Å². The first-order valence-electron chi connectivity index (χ1n) is 9.16. The lowest BCUT2D eigenvalue weighted by Crippen LogP contribution is -2.49. The average molecular weight is 373 g/mol. The molecule has 2 aliphatic rings. The standard InChI is InChI=1S/C19H21F2N5O/c20-14-4-5-17(15(21)11-14)22-19(27)12-25-6-8-26(9-7-25)18-10-13-2-1-3-16(13)23-24-18/h4-5,10-11H,1-3,6-9,12H2,(H,22,27). The normalized spacial score (nSPS) is 17.0. The van der Waals surface area contributed by atoms with E-state index in [4.69, 9.17) is 0 Å². The Labute approximate surface area is 156 Å². The fourth-order valence-corrected chi connectivity index (χ4v) is 3.59. The van der Waals surface area contributed by atoms with Crippen LogP contribution in [-0.4, -0.2) is 53.7 Å². The number of aromatic nitrogens is 2. The number of piperazine rings is 1. The summed E-state index contributed by atoms with van der Waals surface area (Å²) in [5.74, 6) is -0.862. The Balaban J connectivity index is 1.29. The molecule has 1 aromatic carbocycles. The van der Waals surface area contributed by atoms with Crippen LogP contribution in [0.15, 0.2) is 24.3 Å². The Bertz CT molecular complexity index is 852. The molecule has 142 valence electrons. The number of hydrogen-bond donors (Lipinski definition) is 1. The zero-order valence-electron chi connectivity index (χ0n) is 14.9. The highest BCUT2D eigenvalue weighted by Crippen LogP contribution is 2.23. The summed E-state index contributed by atoms with van der Waals surface area (Å²) in [6.45, 7) is 3.09. The molecular formula is C19H21F2N5O. The molecular weight excluding hydrogens is 352 g/mol. The summed E-state index contributed by atoms with van der Waals surface area (Å²) >= 11 is 0. The van der Waals surface area contributed by atoms with E-state index in [9.17, 15) is 13.6 Å². The summed E-state index contributed by atoms with van der Waals surface area (Å²) in [7, 11) is 0. The molecule has 0 saturated carbocycles. The highest BCUT2D eigenvalue weighted by molar-refractivity contribution is 5.92. The van der Waals surface area contributed by atoms with Crippen molar-refractivity contribution in [2.24, 2.45) is 0 Å². The van der Waals surface area contributed by atoms with Gasteiger partial charge in [-0.25, -0.2) is 8.78 Å². The van der Waals surface area contributed by atoms with Gasteiger partial charge in [0.05, 0.1) is 17.9 Å². The molecule has 1 aromatic heterocycles. The first kappa shape index (κ1) is 17.8. The maximum atomic E-state index is 13.6. The quantitative estimate of drug-likeness (QED) is 0.888. The van der Waals surface area contributed by atoms with E-state index in [1.54, 1.807) is 0 Å². The summed E-state index contributed by atoms with van der Waals surface area (Å²) in [4.78, 5) is 16.3. The van der Waals surface area contributed by atoms with E-state index in [2.05, 4.69) is 26.5 Å². The fraction of sp³-hybridized carbons (Fsp3) is 0.421. The fourth-order valence-electron chi connectivity index (χ4n) is 3.59. The lowest BCUT2D eigenvalue weighted by atomic mass is 10.2. The van der Waals surface area contributed by atoms with Gasteiger partial charge in [0.25, 0.3) is 0 Å². The van der Waals surface area contributed by atoms with Crippen molar-refractivity contribution in [3.05, 3.63) is 47.2 Å². The Kier molecular flexibility index (Phi) is 4.98. The van der Waals surface area contributed by atoms with Crippen LogP contribution in [0.2, 0.25) is 0 Å². The Morgan fingerprint density at radius 2 is 1.89 bits per heavy atom. The van der Waals surface area contributed by atoms with Crippen molar-refractivity contribution in [2.45, 2.75) is 19.3 Å². The second-order valence-electron chi connectivity index (χ2n) is 6.96. The van der Waals surface area contributed by atoms with Crippen LogP contribution < -0.4 is 10.2 Å². The summed E-state index contributed by atoms with van der Waals surface area (Å²) in [5, 5.41) is 11.2. The van der Waals surface area contributed by atoms with Gasteiger partial charge in [0.2, 0.25) is 5.91 Å². The molecule has 0 spiro atoms. The third kappa shape index (κ3) is 4.05.